The van der Waals surface area contributed by atoms with Crippen LogP contribution in [0.5, 0.6) is 11.5 Å². The van der Waals surface area contributed by atoms with Gasteiger partial charge in [-0.3, -0.25) is 0 Å². The van der Waals surface area contributed by atoms with E-state index >= 15 is 0 Å². The van der Waals surface area contributed by atoms with E-state index in [-0.39, 0.29) is 21.5 Å². The summed E-state index contributed by atoms with van der Waals surface area (Å²) in [6.45, 7) is 1.25. The van der Waals surface area contributed by atoms with Crippen LogP contribution < -0.4 is 13.4 Å². The van der Waals surface area contributed by atoms with E-state index in [4.69, 9.17) is 3.73 Å². The molecule has 0 aliphatic rings. The van der Waals surface area contributed by atoms with E-state index in [1.165, 1.54) is 56.5 Å². The molecule has 0 aliphatic carbocycles. The Bertz CT molecular complexity index is 939. The predicted molar refractivity (Wildman–Crippen MR) is 98.8 cm³/mol. The van der Waals surface area contributed by atoms with E-state index in [1.54, 1.807) is 12.1 Å². The molecule has 0 saturated carbocycles. The number of phenols is 1. The number of benzene rings is 2. The Labute approximate surface area is 158 Å². The van der Waals surface area contributed by atoms with Gasteiger partial charge in [0.25, 0.3) is 0 Å². The van der Waals surface area contributed by atoms with E-state index < -0.39 is 26.0 Å². The summed E-state index contributed by atoms with van der Waals surface area (Å²) in [4.78, 5) is 22.3. The van der Waals surface area contributed by atoms with Crippen molar-refractivity contribution in [2.24, 2.45) is 0 Å². The molecule has 0 spiro atoms. The Morgan fingerprint density at radius 2 is 1.93 bits per heavy atom. The van der Waals surface area contributed by atoms with Crippen LogP contribution in [0.2, 0.25) is 0 Å². The second-order valence-electron chi connectivity index (χ2n) is 5.42. The van der Waals surface area contributed by atoms with Crippen molar-refractivity contribution in [3.8, 4) is 11.5 Å². The fourth-order valence-corrected chi connectivity index (χ4v) is 4.32. The summed E-state index contributed by atoms with van der Waals surface area (Å²) in [5.41, 5.74) is 0.576. The summed E-state index contributed by atoms with van der Waals surface area (Å²) in [6.07, 6.45) is 2.69. The quantitative estimate of drug-likeness (QED) is 0.270. The van der Waals surface area contributed by atoms with Gasteiger partial charge in [-0.2, -0.15) is 0 Å². The third-order valence-corrected chi connectivity index (χ3v) is 6.23. The molecule has 0 saturated heterocycles. The van der Waals surface area contributed by atoms with Crippen LogP contribution in [0.3, 0.4) is 0 Å². The number of methoxy groups -OCH3 is 1. The maximum atomic E-state index is 12.7. The van der Waals surface area contributed by atoms with Crippen molar-refractivity contribution in [2.75, 3.05) is 12.4 Å². The fraction of sp³-hybridized carbons (Fsp3) is 0.111. The summed E-state index contributed by atoms with van der Waals surface area (Å²) < 4.78 is 32.7. The van der Waals surface area contributed by atoms with Crippen LogP contribution in [-0.2, 0) is 18.1 Å². The average molecular weight is 435 g/mol. The summed E-state index contributed by atoms with van der Waals surface area (Å²) in [5, 5.41) is 12.1. The summed E-state index contributed by atoms with van der Waals surface area (Å²) in [5.74, 6) is -1.08. The van der Waals surface area contributed by atoms with Gasteiger partial charge in [0.05, 0.1) is 0 Å². The SMILES string of the molecule is COC(=O)/C=C/c1cccc(O[As](=O)(O)c2ccc(O)c(NC(C)=O)c2)c1. The normalized spacial score (nSPS) is 13.0. The molecule has 2 aromatic rings. The van der Waals surface area contributed by atoms with Crippen LogP contribution in [0, 0.1) is 0 Å². The van der Waals surface area contributed by atoms with Gasteiger partial charge < -0.3 is 0 Å². The van der Waals surface area contributed by atoms with Crippen molar-refractivity contribution in [1.82, 2.24) is 0 Å². The van der Waals surface area contributed by atoms with Gasteiger partial charge in [0.2, 0.25) is 0 Å². The van der Waals surface area contributed by atoms with E-state index in [1.807, 2.05) is 0 Å². The zero-order chi connectivity index (χ0) is 20.0. The van der Waals surface area contributed by atoms with Gasteiger partial charge in [-0.25, -0.2) is 0 Å². The summed E-state index contributed by atoms with van der Waals surface area (Å²) >= 11 is -5.02. The van der Waals surface area contributed by atoms with E-state index in [0.29, 0.717) is 5.56 Å². The molecule has 9 heteroatoms. The van der Waals surface area contributed by atoms with Crippen molar-refractivity contribution < 1.29 is 31.0 Å². The van der Waals surface area contributed by atoms with Crippen molar-refractivity contribution in [3.05, 3.63) is 54.1 Å². The van der Waals surface area contributed by atoms with Crippen LogP contribution >= 0.6 is 0 Å². The van der Waals surface area contributed by atoms with Crippen LogP contribution in [0.15, 0.2) is 48.5 Å². The molecular formula is C18H18AsNO7. The number of hydrogen-bond donors (Lipinski definition) is 3. The summed E-state index contributed by atoms with van der Waals surface area (Å²) in [7, 11) is 1.25. The van der Waals surface area contributed by atoms with Gasteiger partial charge >= 0.3 is 158 Å². The van der Waals surface area contributed by atoms with Gasteiger partial charge in [-0.1, -0.05) is 0 Å². The van der Waals surface area contributed by atoms with Crippen LogP contribution in [-0.4, -0.2) is 42.4 Å². The fourth-order valence-electron chi connectivity index (χ4n) is 2.09. The molecule has 0 bridgehead atoms. The monoisotopic (exact) mass is 435 g/mol. The Hall–Kier alpha value is -2.96. The van der Waals surface area contributed by atoms with Gasteiger partial charge in [0, 0.05) is 0 Å². The van der Waals surface area contributed by atoms with E-state index in [0.717, 1.165) is 0 Å². The van der Waals surface area contributed by atoms with E-state index in [2.05, 4.69) is 10.1 Å². The van der Waals surface area contributed by atoms with Crippen LogP contribution in [0.4, 0.5) is 5.69 Å². The number of aromatic hydroxyl groups is 1. The first-order valence-corrected chi connectivity index (χ1v) is 11.0. The number of nitrogens with one attached hydrogen (secondary N) is 1. The average Bonchev–Trinajstić information content (AvgIpc) is 2.61. The molecule has 27 heavy (non-hydrogen) atoms. The second-order valence-corrected chi connectivity index (χ2v) is 9.07. The van der Waals surface area contributed by atoms with Crippen molar-refractivity contribution in [3.63, 3.8) is 0 Å². The molecule has 0 fully saturated rings. The predicted octanol–water partition coefficient (Wildman–Crippen LogP) is 1.18. The Kier molecular flexibility index (Phi) is 6.49. The first-order chi connectivity index (χ1) is 12.7. The molecule has 2 rings (SSSR count). The van der Waals surface area contributed by atoms with Crippen molar-refractivity contribution in [2.45, 2.75) is 6.92 Å². The third-order valence-electron chi connectivity index (χ3n) is 3.32. The number of phenolic OH excluding ortho intramolecular Hbond substituents is 1. The number of anilines is 1. The van der Waals surface area contributed by atoms with Crippen molar-refractivity contribution >= 4 is 42.2 Å². The number of ether oxygens (including phenoxy) is 1. The molecule has 1 unspecified atom stereocenters. The first kappa shape index (κ1) is 20.4. The summed E-state index contributed by atoms with van der Waals surface area (Å²) in [6, 6.07) is 9.90. The number of rotatable bonds is 6. The molecule has 0 radical (unpaired) electrons. The standard InChI is InChI=1S/C18H18AsNO7/c1-12(21)20-16-11-14(7-8-17(16)22)19(24,25)27-15-5-3-4-13(10-15)6-9-18(23)26-2/h3-11,22H,1-2H3,(H,20,21)(H,24,25)/b9-6+. The Morgan fingerprint density at radius 3 is 2.59 bits per heavy atom. The molecule has 0 heterocycles. The zero-order valence-corrected chi connectivity index (χ0v) is 16.5. The minimum absolute atomic E-state index is 0.00837. The molecule has 2 aromatic carbocycles. The molecular weight excluding hydrogens is 417 g/mol. The van der Waals surface area contributed by atoms with Gasteiger partial charge in [-0.15, -0.1) is 0 Å². The van der Waals surface area contributed by atoms with Crippen LogP contribution in [0.1, 0.15) is 12.5 Å². The Balaban J connectivity index is 2.26. The molecule has 8 nitrogen and oxygen atoms in total. The molecule has 1 amide bonds. The van der Waals surface area contributed by atoms with Gasteiger partial charge in [-0.05, 0) is 0 Å². The van der Waals surface area contributed by atoms with Crippen molar-refractivity contribution in [1.29, 1.82) is 0 Å². The topological polar surface area (TPSA) is 122 Å². The maximum absolute atomic E-state index is 12.7. The number of amides is 1. The van der Waals surface area contributed by atoms with E-state index in [9.17, 15) is 22.5 Å². The molecule has 0 aromatic heterocycles. The number of esters is 1. The molecule has 0 aliphatic heterocycles. The number of hydrogen-bond acceptors (Lipinski definition) is 6. The molecule has 142 valence electrons. The number of carbonyl (C=O) groups is 2. The van der Waals surface area contributed by atoms with Gasteiger partial charge in [0.1, 0.15) is 0 Å². The Morgan fingerprint density at radius 1 is 1.19 bits per heavy atom. The second kappa shape index (κ2) is 8.62. The first-order valence-electron chi connectivity index (χ1n) is 7.71. The van der Waals surface area contributed by atoms with Crippen LogP contribution in [0.25, 0.3) is 6.08 Å². The van der Waals surface area contributed by atoms with Gasteiger partial charge in [0.15, 0.2) is 0 Å². The molecule has 3 N–H and O–H groups in total. The third kappa shape index (κ3) is 5.77. The number of carbonyl (C=O) groups excluding carboxylic acids is 2. The minimum atomic E-state index is -5.02. The molecule has 1 atom stereocenters. The zero-order valence-electron chi connectivity index (χ0n) is 14.6.